The summed E-state index contributed by atoms with van der Waals surface area (Å²) in [6, 6.07) is 3.68. The Morgan fingerprint density at radius 1 is 1.64 bits per heavy atom. The van der Waals surface area contributed by atoms with Crippen molar-refractivity contribution < 1.29 is 4.42 Å². The van der Waals surface area contributed by atoms with Crippen LogP contribution in [0.2, 0.25) is 0 Å². The Morgan fingerprint density at radius 2 is 2.36 bits per heavy atom. The molecule has 60 valence electrons. The maximum absolute atomic E-state index is 5.25. The van der Waals surface area contributed by atoms with Gasteiger partial charge in [-0.1, -0.05) is 0 Å². The van der Waals surface area contributed by atoms with E-state index < -0.39 is 0 Å². The van der Waals surface area contributed by atoms with Gasteiger partial charge in [0.2, 0.25) is 0 Å². The lowest BCUT2D eigenvalue weighted by molar-refractivity contribution is 0.522. The molecule has 1 aromatic heterocycles. The summed E-state index contributed by atoms with van der Waals surface area (Å²) >= 11 is 0. The van der Waals surface area contributed by atoms with Gasteiger partial charge in [-0.2, -0.15) is 0 Å². The van der Waals surface area contributed by atoms with Gasteiger partial charge in [-0.05, 0) is 19.1 Å². The number of aryl methyl sites for hydroxylation is 1. The topological polar surface area (TPSA) is 63.5 Å². The molecule has 0 aliphatic heterocycles. The predicted octanol–water partition coefficient (Wildman–Crippen LogP) is 0.428. The van der Waals surface area contributed by atoms with Gasteiger partial charge >= 0.3 is 0 Å². The van der Waals surface area contributed by atoms with Gasteiger partial charge in [-0.25, -0.2) is 5.84 Å². The first-order chi connectivity index (χ1) is 5.27. The molecule has 0 radical (unpaired) electrons. The van der Waals surface area contributed by atoms with Crippen molar-refractivity contribution in [3.05, 3.63) is 23.7 Å². The smallest absolute Gasteiger partial charge is 0.178 e. The summed E-state index contributed by atoms with van der Waals surface area (Å²) in [6.07, 6.45) is 0. The standard InChI is InChI=1S/C7H11N3O/c1-5-3-4-6(11-5)7(9-2)10-8/h3-4H,8H2,1-2H3,(H,9,10). The van der Waals surface area contributed by atoms with Gasteiger partial charge in [-0.15, -0.1) is 0 Å². The Labute approximate surface area is 65.1 Å². The molecule has 0 atom stereocenters. The second-order valence-electron chi connectivity index (χ2n) is 2.13. The molecule has 0 aliphatic rings. The van der Waals surface area contributed by atoms with Crippen LogP contribution < -0.4 is 11.3 Å². The van der Waals surface area contributed by atoms with Crippen molar-refractivity contribution in [3.63, 3.8) is 0 Å². The zero-order valence-corrected chi connectivity index (χ0v) is 6.59. The van der Waals surface area contributed by atoms with E-state index in [0.717, 1.165) is 5.76 Å². The SMILES string of the molecule is CN=C(NN)c1ccc(C)o1. The van der Waals surface area contributed by atoms with Gasteiger partial charge in [0.25, 0.3) is 0 Å². The van der Waals surface area contributed by atoms with E-state index in [4.69, 9.17) is 10.3 Å². The van der Waals surface area contributed by atoms with Gasteiger partial charge in [0.05, 0.1) is 0 Å². The summed E-state index contributed by atoms with van der Waals surface area (Å²) in [5.41, 5.74) is 2.44. The summed E-state index contributed by atoms with van der Waals surface area (Å²) in [7, 11) is 1.65. The monoisotopic (exact) mass is 153 g/mol. The van der Waals surface area contributed by atoms with Crippen molar-refractivity contribution >= 4 is 5.84 Å². The van der Waals surface area contributed by atoms with E-state index in [0.29, 0.717) is 11.6 Å². The summed E-state index contributed by atoms with van der Waals surface area (Å²) in [6.45, 7) is 1.87. The molecule has 4 heteroatoms. The molecule has 0 aliphatic carbocycles. The van der Waals surface area contributed by atoms with Gasteiger partial charge in [0, 0.05) is 7.05 Å². The normalized spacial score (nSPS) is 11.7. The first kappa shape index (κ1) is 7.81. The first-order valence-corrected chi connectivity index (χ1v) is 3.28. The average Bonchev–Trinajstić information content (AvgIpc) is 2.39. The fourth-order valence-corrected chi connectivity index (χ4v) is 0.808. The van der Waals surface area contributed by atoms with E-state index in [1.165, 1.54) is 0 Å². The zero-order valence-electron chi connectivity index (χ0n) is 6.59. The quantitative estimate of drug-likeness (QED) is 0.266. The lowest BCUT2D eigenvalue weighted by atomic mass is 10.4. The van der Waals surface area contributed by atoms with E-state index >= 15 is 0 Å². The Bertz CT molecular complexity index is 264. The molecule has 0 fully saturated rings. The molecule has 1 aromatic rings. The second kappa shape index (κ2) is 3.21. The number of furan rings is 1. The summed E-state index contributed by atoms with van der Waals surface area (Å²) in [5.74, 6) is 7.24. The summed E-state index contributed by atoms with van der Waals surface area (Å²) in [5, 5.41) is 0. The highest BCUT2D eigenvalue weighted by Crippen LogP contribution is 2.05. The summed E-state index contributed by atoms with van der Waals surface area (Å²) in [4.78, 5) is 3.88. The van der Waals surface area contributed by atoms with Crippen molar-refractivity contribution in [2.24, 2.45) is 10.8 Å². The molecule has 11 heavy (non-hydrogen) atoms. The molecule has 0 unspecified atom stereocenters. The highest BCUT2D eigenvalue weighted by Gasteiger charge is 2.03. The predicted molar refractivity (Wildman–Crippen MR) is 43.2 cm³/mol. The van der Waals surface area contributed by atoms with Crippen molar-refractivity contribution in [3.8, 4) is 0 Å². The maximum Gasteiger partial charge on any atom is 0.178 e. The van der Waals surface area contributed by atoms with Crippen LogP contribution in [0.1, 0.15) is 11.5 Å². The van der Waals surface area contributed by atoms with Crippen molar-refractivity contribution in [2.45, 2.75) is 6.92 Å². The van der Waals surface area contributed by atoms with Crippen LogP contribution >= 0.6 is 0 Å². The molecule has 3 N–H and O–H groups in total. The van der Waals surface area contributed by atoms with Crippen LogP contribution in [0.15, 0.2) is 21.5 Å². The molecule has 0 amide bonds. The summed E-state index contributed by atoms with van der Waals surface area (Å²) < 4.78 is 5.25. The Hall–Kier alpha value is -1.29. The van der Waals surface area contributed by atoms with Crippen LogP contribution in [0.3, 0.4) is 0 Å². The van der Waals surface area contributed by atoms with Crippen LogP contribution in [-0.4, -0.2) is 12.9 Å². The fraction of sp³-hybridized carbons (Fsp3) is 0.286. The Morgan fingerprint density at radius 3 is 2.73 bits per heavy atom. The molecular formula is C7H11N3O. The third-order valence-electron chi connectivity index (χ3n) is 1.33. The second-order valence-corrected chi connectivity index (χ2v) is 2.13. The third kappa shape index (κ3) is 1.59. The van der Waals surface area contributed by atoms with E-state index in [-0.39, 0.29) is 0 Å². The van der Waals surface area contributed by atoms with Gasteiger partial charge in [-0.3, -0.25) is 4.99 Å². The molecular weight excluding hydrogens is 142 g/mol. The van der Waals surface area contributed by atoms with Crippen molar-refractivity contribution in [2.75, 3.05) is 7.05 Å². The molecule has 1 heterocycles. The molecule has 0 aromatic carbocycles. The number of hydrogen-bond acceptors (Lipinski definition) is 3. The number of nitrogens with zero attached hydrogens (tertiary/aromatic N) is 1. The Kier molecular flexibility index (Phi) is 2.28. The van der Waals surface area contributed by atoms with E-state index in [2.05, 4.69) is 10.4 Å². The minimum absolute atomic E-state index is 0.554. The number of nitrogens with one attached hydrogen (secondary N) is 1. The van der Waals surface area contributed by atoms with E-state index in [1.54, 1.807) is 7.05 Å². The number of nitrogens with two attached hydrogens (primary N) is 1. The number of aliphatic imine (C=N–C) groups is 1. The number of amidine groups is 1. The van der Waals surface area contributed by atoms with Crippen LogP contribution in [0.25, 0.3) is 0 Å². The number of hydrazine groups is 1. The van der Waals surface area contributed by atoms with Gasteiger partial charge in [0.15, 0.2) is 11.6 Å². The van der Waals surface area contributed by atoms with E-state index in [9.17, 15) is 0 Å². The first-order valence-electron chi connectivity index (χ1n) is 3.28. The van der Waals surface area contributed by atoms with Crippen LogP contribution in [0, 0.1) is 6.92 Å². The Balaban J connectivity index is 2.91. The van der Waals surface area contributed by atoms with Crippen LogP contribution in [-0.2, 0) is 0 Å². The lowest BCUT2D eigenvalue weighted by Crippen LogP contribution is -2.30. The van der Waals surface area contributed by atoms with Crippen LogP contribution in [0.5, 0.6) is 0 Å². The minimum atomic E-state index is 0.554. The van der Waals surface area contributed by atoms with Crippen LogP contribution in [0.4, 0.5) is 0 Å². The molecule has 0 saturated heterocycles. The molecule has 0 saturated carbocycles. The molecule has 1 rings (SSSR count). The van der Waals surface area contributed by atoms with Gasteiger partial charge < -0.3 is 9.84 Å². The van der Waals surface area contributed by atoms with Crippen molar-refractivity contribution in [1.82, 2.24) is 5.43 Å². The van der Waals surface area contributed by atoms with Crippen molar-refractivity contribution in [1.29, 1.82) is 0 Å². The average molecular weight is 153 g/mol. The number of hydrogen-bond donors (Lipinski definition) is 2. The molecule has 0 spiro atoms. The highest BCUT2D eigenvalue weighted by atomic mass is 16.3. The minimum Gasteiger partial charge on any atom is -0.458 e. The third-order valence-corrected chi connectivity index (χ3v) is 1.33. The maximum atomic E-state index is 5.25. The highest BCUT2D eigenvalue weighted by molar-refractivity contribution is 5.95. The zero-order chi connectivity index (χ0) is 8.27. The lowest BCUT2D eigenvalue weighted by Gasteiger charge is -1.98. The molecule has 4 nitrogen and oxygen atoms in total. The number of rotatable bonds is 1. The largest absolute Gasteiger partial charge is 0.458 e. The van der Waals surface area contributed by atoms with E-state index in [1.807, 2.05) is 19.1 Å². The fourth-order valence-electron chi connectivity index (χ4n) is 0.808. The van der Waals surface area contributed by atoms with Gasteiger partial charge in [0.1, 0.15) is 5.76 Å². The molecule has 0 bridgehead atoms.